The smallest absolute Gasteiger partial charge is 0.0105 e. The minimum atomic E-state index is 0.752. The van der Waals surface area contributed by atoms with Gasteiger partial charge >= 0.3 is 0 Å². The van der Waals surface area contributed by atoms with E-state index in [1.165, 1.54) is 51.7 Å². The molecule has 0 radical (unpaired) electrons. The molecule has 1 aliphatic carbocycles. The summed E-state index contributed by atoms with van der Waals surface area (Å²) in [6.45, 7) is 3.66. The topological polar surface area (TPSA) is 24.1 Å². The van der Waals surface area contributed by atoms with Gasteiger partial charge in [0.1, 0.15) is 0 Å². The fourth-order valence-electron chi connectivity index (χ4n) is 2.41. The maximum Gasteiger partial charge on any atom is 0.0105 e. The minimum Gasteiger partial charge on any atom is -0.316 e. The molecular formula is C12H22N2. The number of hydrogen-bond donors (Lipinski definition) is 2. The van der Waals surface area contributed by atoms with Crippen LogP contribution in [0, 0.1) is 5.92 Å². The van der Waals surface area contributed by atoms with E-state index in [0.29, 0.717) is 0 Å². The van der Waals surface area contributed by atoms with Crippen LogP contribution in [0.15, 0.2) is 12.2 Å². The zero-order valence-electron chi connectivity index (χ0n) is 8.97. The summed E-state index contributed by atoms with van der Waals surface area (Å²) in [5.74, 6) is 0.870. The molecular weight excluding hydrogens is 172 g/mol. The minimum absolute atomic E-state index is 0.752. The summed E-state index contributed by atoms with van der Waals surface area (Å²) in [4.78, 5) is 0. The van der Waals surface area contributed by atoms with Gasteiger partial charge in [-0.05, 0) is 57.7 Å². The predicted molar refractivity (Wildman–Crippen MR) is 60.4 cm³/mol. The number of hydrogen-bond acceptors (Lipinski definition) is 2. The van der Waals surface area contributed by atoms with Gasteiger partial charge in [-0.1, -0.05) is 12.2 Å². The molecule has 80 valence electrons. The number of piperidine rings is 1. The fraction of sp³-hybridized carbons (Fsp3) is 0.833. The van der Waals surface area contributed by atoms with E-state index in [2.05, 4.69) is 22.8 Å². The van der Waals surface area contributed by atoms with Gasteiger partial charge in [-0.3, -0.25) is 0 Å². The van der Waals surface area contributed by atoms with E-state index in [9.17, 15) is 0 Å². The van der Waals surface area contributed by atoms with Crippen LogP contribution < -0.4 is 10.6 Å². The molecule has 0 aromatic carbocycles. The molecule has 1 heterocycles. The van der Waals surface area contributed by atoms with Crippen molar-refractivity contribution < 1.29 is 0 Å². The Labute approximate surface area is 87.2 Å². The van der Waals surface area contributed by atoms with Crippen molar-refractivity contribution in [2.24, 2.45) is 5.92 Å². The molecule has 0 aromatic heterocycles. The van der Waals surface area contributed by atoms with Gasteiger partial charge in [0.15, 0.2) is 0 Å². The highest BCUT2D eigenvalue weighted by molar-refractivity contribution is 4.93. The van der Waals surface area contributed by atoms with E-state index in [0.717, 1.165) is 12.0 Å². The van der Waals surface area contributed by atoms with Crippen LogP contribution in [0.2, 0.25) is 0 Å². The number of rotatable bonds is 3. The van der Waals surface area contributed by atoms with E-state index in [4.69, 9.17) is 0 Å². The van der Waals surface area contributed by atoms with E-state index >= 15 is 0 Å². The molecule has 14 heavy (non-hydrogen) atoms. The molecule has 1 fully saturated rings. The second-order valence-corrected chi connectivity index (χ2v) is 4.60. The summed E-state index contributed by atoms with van der Waals surface area (Å²) in [5, 5.41) is 7.17. The van der Waals surface area contributed by atoms with Crippen LogP contribution in [0.3, 0.4) is 0 Å². The van der Waals surface area contributed by atoms with Gasteiger partial charge in [0.25, 0.3) is 0 Å². The van der Waals surface area contributed by atoms with E-state index in [1.807, 2.05) is 0 Å². The lowest BCUT2D eigenvalue weighted by Crippen LogP contribution is -2.40. The Kier molecular flexibility index (Phi) is 4.02. The van der Waals surface area contributed by atoms with Crippen LogP contribution in [0.5, 0.6) is 0 Å². The van der Waals surface area contributed by atoms with Crippen molar-refractivity contribution >= 4 is 0 Å². The van der Waals surface area contributed by atoms with Crippen LogP contribution in [0.4, 0.5) is 0 Å². The Morgan fingerprint density at radius 1 is 1.29 bits per heavy atom. The van der Waals surface area contributed by atoms with Gasteiger partial charge in [0.05, 0.1) is 0 Å². The quantitative estimate of drug-likeness (QED) is 0.668. The third-order valence-electron chi connectivity index (χ3n) is 3.36. The molecule has 2 aliphatic rings. The van der Waals surface area contributed by atoms with Crippen molar-refractivity contribution in [2.45, 2.75) is 38.1 Å². The van der Waals surface area contributed by atoms with Crippen molar-refractivity contribution in [2.75, 3.05) is 19.6 Å². The highest BCUT2D eigenvalue weighted by Gasteiger charge is 2.15. The molecule has 2 N–H and O–H groups in total. The maximum atomic E-state index is 3.70. The zero-order chi connectivity index (χ0) is 9.64. The highest BCUT2D eigenvalue weighted by Crippen LogP contribution is 2.13. The van der Waals surface area contributed by atoms with Crippen molar-refractivity contribution in [3.8, 4) is 0 Å². The molecule has 0 aromatic rings. The van der Waals surface area contributed by atoms with Crippen molar-refractivity contribution in [1.82, 2.24) is 10.6 Å². The third-order valence-corrected chi connectivity index (χ3v) is 3.36. The summed E-state index contributed by atoms with van der Waals surface area (Å²) < 4.78 is 0. The Morgan fingerprint density at radius 3 is 3.00 bits per heavy atom. The molecule has 1 aliphatic heterocycles. The summed E-state index contributed by atoms with van der Waals surface area (Å²) in [6, 6.07) is 0.752. The van der Waals surface area contributed by atoms with Crippen LogP contribution in [-0.4, -0.2) is 25.7 Å². The van der Waals surface area contributed by atoms with Crippen molar-refractivity contribution in [1.29, 1.82) is 0 Å². The van der Waals surface area contributed by atoms with Crippen molar-refractivity contribution in [3.63, 3.8) is 0 Å². The first-order valence-corrected chi connectivity index (χ1v) is 6.04. The molecule has 2 unspecified atom stereocenters. The molecule has 2 heteroatoms. The SMILES string of the molecule is C1=CCC(NCC2CCCNC2)CC1. The Hall–Kier alpha value is -0.340. The van der Waals surface area contributed by atoms with Crippen LogP contribution >= 0.6 is 0 Å². The lowest BCUT2D eigenvalue weighted by atomic mass is 9.97. The first kappa shape index (κ1) is 10.2. The first-order valence-electron chi connectivity index (χ1n) is 6.04. The Balaban J connectivity index is 1.63. The summed E-state index contributed by atoms with van der Waals surface area (Å²) in [6.07, 6.45) is 11.2. The normalized spacial score (nSPS) is 33.1. The highest BCUT2D eigenvalue weighted by atomic mass is 14.9. The van der Waals surface area contributed by atoms with Gasteiger partial charge in [0.2, 0.25) is 0 Å². The Bertz CT molecular complexity index is 183. The van der Waals surface area contributed by atoms with Gasteiger partial charge in [0, 0.05) is 6.04 Å². The average Bonchev–Trinajstić information content (AvgIpc) is 2.29. The van der Waals surface area contributed by atoms with E-state index in [1.54, 1.807) is 0 Å². The fourth-order valence-corrected chi connectivity index (χ4v) is 2.41. The molecule has 0 amide bonds. The van der Waals surface area contributed by atoms with Crippen LogP contribution in [0.1, 0.15) is 32.1 Å². The van der Waals surface area contributed by atoms with Crippen LogP contribution in [-0.2, 0) is 0 Å². The number of allylic oxidation sites excluding steroid dienone is 1. The molecule has 0 spiro atoms. The molecule has 0 saturated carbocycles. The molecule has 2 rings (SSSR count). The maximum absolute atomic E-state index is 3.70. The van der Waals surface area contributed by atoms with Crippen molar-refractivity contribution in [3.05, 3.63) is 12.2 Å². The molecule has 2 atom stereocenters. The van der Waals surface area contributed by atoms with E-state index in [-0.39, 0.29) is 0 Å². The lowest BCUT2D eigenvalue weighted by Gasteiger charge is -2.26. The molecule has 2 nitrogen and oxygen atoms in total. The van der Waals surface area contributed by atoms with Gasteiger partial charge in [-0.15, -0.1) is 0 Å². The lowest BCUT2D eigenvalue weighted by molar-refractivity contribution is 0.336. The van der Waals surface area contributed by atoms with E-state index < -0.39 is 0 Å². The standard InChI is InChI=1S/C12H22N2/c1-2-6-12(7-3-1)14-10-11-5-4-8-13-9-11/h1-2,11-14H,3-10H2. The number of nitrogens with one attached hydrogen (secondary N) is 2. The van der Waals surface area contributed by atoms with Gasteiger partial charge < -0.3 is 10.6 Å². The Morgan fingerprint density at radius 2 is 2.29 bits per heavy atom. The third kappa shape index (κ3) is 3.10. The average molecular weight is 194 g/mol. The van der Waals surface area contributed by atoms with Crippen LogP contribution in [0.25, 0.3) is 0 Å². The summed E-state index contributed by atoms with van der Waals surface area (Å²) in [5.41, 5.74) is 0. The predicted octanol–water partition coefficient (Wildman–Crippen LogP) is 1.68. The van der Waals surface area contributed by atoms with Gasteiger partial charge in [-0.25, -0.2) is 0 Å². The molecule has 1 saturated heterocycles. The van der Waals surface area contributed by atoms with Gasteiger partial charge in [-0.2, -0.15) is 0 Å². The molecule has 0 bridgehead atoms. The monoisotopic (exact) mass is 194 g/mol. The summed E-state index contributed by atoms with van der Waals surface area (Å²) in [7, 11) is 0. The first-order chi connectivity index (χ1) is 6.95. The summed E-state index contributed by atoms with van der Waals surface area (Å²) >= 11 is 0. The zero-order valence-corrected chi connectivity index (χ0v) is 8.97. The second kappa shape index (κ2) is 5.52. The second-order valence-electron chi connectivity index (χ2n) is 4.60. The largest absolute Gasteiger partial charge is 0.316 e.